The first kappa shape index (κ1) is 18.0. The van der Waals surface area contributed by atoms with Gasteiger partial charge in [-0.05, 0) is 37.3 Å². The molecular formula is C20H19FN4O3. The lowest BCUT2D eigenvalue weighted by Crippen LogP contribution is -2.48. The van der Waals surface area contributed by atoms with Crippen molar-refractivity contribution in [1.29, 1.82) is 0 Å². The third-order valence-electron chi connectivity index (χ3n) is 5.15. The largest absolute Gasteiger partial charge is 0.368 e. The SMILES string of the molecule is Cc1[nH]c2ccc(F)cc2c1C(=O)N1CCN(c2ccc([N+](=O)[O-])cc2)CC1. The first-order valence-corrected chi connectivity index (χ1v) is 9.00. The Balaban J connectivity index is 1.49. The maximum Gasteiger partial charge on any atom is 0.269 e. The number of hydrogen-bond donors (Lipinski definition) is 1. The van der Waals surface area contributed by atoms with Gasteiger partial charge in [-0.15, -0.1) is 0 Å². The van der Waals surface area contributed by atoms with Crippen LogP contribution in [0.2, 0.25) is 0 Å². The van der Waals surface area contributed by atoms with E-state index in [9.17, 15) is 19.3 Å². The molecule has 1 aromatic heterocycles. The number of fused-ring (bicyclic) bond motifs is 1. The van der Waals surface area contributed by atoms with Crippen LogP contribution in [-0.2, 0) is 0 Å². The molecule has 0 aliphatic carbocycles. The van der Waals surface area contributed by atoms with Crippen LogP contribution >= 0.6 is 0 Å². The Morgan fingerprint density at radius 3 is 2.43 bits per heavy atom. The smallest absolute Gasteiger partial charge is 0.269 e. The maximum atomic E-state index is 13.7. The summed E-state index contributed by atoms with van der Waals surface area (Å²) < 4.78 is 13.7. The van der Waals surface area contributed by atoms with Gasteiger partial charge in [0.05, 0.1) is 10.5 Å². The van der Waals surface area contributed by atoms with Gasteiger partial charge in [0.25, 0.3) is 11.6 Å². The molecule has 1 amide bonds. The van der Waals surface area contributed by atoms with Crippen molar-refractivity contribution in [3.63, 3.8) is 0 Å². The van der Waals surface area contributed by atoms with E-state index in [-0.39, 0.29) is 17.4 Å². The van der Waals surface area contributed by atoms with Crippen LogP contribution in [-0.4, -0.2) is 46.9 Å². The zero-order valence-corrected chi connectivity index (χ0v) is 15.3. The number of piperazine rings is 1. The van der Waals surface area contributed by atoms with E-state index in [4.69, 9.17) is 0 Å². The minimum atomic E-state index is -0.424. The highest BCUT2D eigenvalue weighted by Crippen LogP contribution is 2.26. The Bertz CT molecular complexity index is 1050. The summed E-state index contributed by atoms with van der Waals surface area (Å²) in [5.74, 6) is -0.485. The molecule has 1 fully saturated rings. The molecule has 2 heterocycles. The molecule has 3 aromatic rings. The van der Waals surface area contributed by atoms with Crippen LogP contribution in [0.1, 0.15) is 16.1 Å². The van der Waals surface area contributed by atoms with E-state index in [0.29, 0.717) is 37.1 Å². The monoisotopic (exact) mass is 382 g/mol. The highest BCUT2D eigenvalue weighted by Gasteiger charge is 2.26. The van der Waals surface area contributed by atoms with Crippen LogP contribution in [0.4, 0.5) is 15.8 Å². The molecule has 0 bridgehead atoms. The molecule has 0 spiro atoms. The highest BCUT2D eigenvalue weighted by molar-refractivity contribution is 6.08. The zero-order chi connectivity index (χ0) is 19.8. The Morgan fingerprint density at radius 1 is 1.11 bits per heavy atom. The predicted octanol–water partition coefficient (Wildman–Crippen LogP) is 3.49. The van der Waals surface area contributed by atoms with E-state index in [1.54, 1.807) is 23.1 Å². The number of rotatable bonds is 3. The molecule has 0 atom stereocenters. The summed E-state index contributed by atoms with van der Waals surface area (Å²) in [5.41, 5.74) is 2.93. The van der Waals surface area contributed by atoms with Gasteiger partial charge >= 0.3 is 0 Å². The number of aryl methyl sites for hydroxylation is 1. The Labute approximate surface area is 160 Å². The third kappa shape index (κ3) is 3.17. The van der Waals surface area contributed by atoms with Gasteiger partial charge in [-0.1, -0.05) is 0 Å². The molecule has 7 nitrogen and oxygen atoms in total. The molecular weight excluding hydrogens is 363 g/mol. The number of amides is 1. The summed E-state index contributed by atoms with van der Waals surface area (Å²) in [4.78, 5) is 30.4. The molecule has 0 saturated carbocycles. The Hall–Kier alpha value is -3.42. The Morgan fingerprint density at radius 2 is 1.79 bits per heavy atom. The maximum absolute atomic E-state index is 13.7. The summed E-state index contributed by atoms with van der Waals surface area (Å²) >= 11 is 0. The summed E-state index contributed by atoms with van der Waals surface area (Å²) in [6, 6.07) is 10.8. The lowest BCUT2D eigenvalue weighted by molar-refractivity contribution is -0.384. The number of aromatic amines is 1. The van der Waals surface area contributed by atoms with Crippen molar-refractivity contribution in [2.45, 2.75) is 6.92 Å². The van der Waals surface area contributed by atoms with Crippen LogP contribution in [0, 0.1) is 22.9 Å². The van der Waals surface area contributed by atoms with Crippen molar-refractivity contribution in [3.8, 4) is 0 Å². The standard InChI is InChI=1S/C20H19FN4O3/c1-13-19(17-12-14(21)2-7-18(17)22-13)20(26)24-10-8-23(9-11-24)15-3-5-16(6-4-15)25(27)28/h2-7,12,22H,8-11H2,1H3. The number of benzene rings is 2. The number of nitrogens with zero attached hydrogens (tertiary/aromatic N) is 3. The highest BCUT2D eigenvalue weighted by atomic mass is 19.1. The summed E-state index contributed by atoms with van der Waals surface area (Å²) in [5, 5.41) is 11.4. The molecule has 144 valence electrons. The van der Waals surface area contributed by atoms with Crippen LogP contribution in [0.5, 0.6) is 0 Å². The van der Waals surface area contributed by atoms with E-state index < -0.39 is 4.92 Å². The van der Waals surface area contributed by atoms with Crippen molar-refractivity contribution in [2.75, 3.05) is 31.1 Å². The average molecular weight is 382 g/mol. The van der Waals surface area contributed by atoms with E-state index >= 15 is 0 Å². The van der Waals surface area contributed by atoms with E-state index in [1.807, 2.05) is 6.92 Å². The van der Waals surface area contributed by atoms with Crippen LogP contribution in [0.3, 0.4) is 0 Å². The van der Waals surface area contributed by atoms with Crippen molar-refractivity contribution >= 4 is 28.2 Å². The number of nitrogens with one attached hydrogen (secondary N) is 1. The summed E-state index contributed by atoms with van der Waals surface area (Å²) in [7, 11) is 0. The van der Waals surface area contributed by atoms with E-state index in [1.165, 1.54) is 24.3 Å². The number of hydrogen-bond acceptors (Lipinski definition) is 4. The van der Waals surface area contributed by atoms with Gasteiger partial charge in [0.15, 0.2) is 0 Å². The van der Waals surface area contributed by atoms with Gasteiger partial charge in [-0.2, -0.15) is 0 Å². The fraction of sp³-hybridized carbons (Fsp3) is 0.250. The second-order valence-electron chi connectivity index (χ2n) is 6.87. The number of H-pyrrole nitrogens is 1. The average Bonchev–Trinajstić information content (AvgIpc) is 3.02. The van der Waals surface area contributed by atoms with E-state index in [2.05, 4.69) is 9.88 Å². The van der Waals surface area contributed by atoms with Gasteiger partial charge < -0.3 is 14.8 Å². The molecule has 0 radical (unpaired) electrons. The number of aromatic nitrogens is 1. The minimum absolute atomic E-state index is 0.0552. The van der Waals surface area contributed by atoms with Crippen LogP contribution < -0.4 is 4.90 Å². The predicted molar refractivity (Wildman–Crippen MR) is 104 cm³/mol. The topological polar surface area (TPSA) is 82.5 Å². The Kier molecular flexibility index (Phi) is 4.46. The number of nitro groups is 1. The lowest BCUT2D eigenvalue weighted by atomic mass is 10.1. The number of nitro benzene ring substituents is 1. The van der Waals surface area contributed by atoms with Crippen molar-refractivity contribution in [3.05, 3.63) is 69.7 Å². The fourth-order valence-corrected chi connectivity index (χ4v) is 3.69. The van der Waals surface area contributed by atoms with Crippen LogP contribution in [0.15, 0.2) is 42.5 Å². The lowest BCUT2D eigenvalue weighted by Gasteiger charge is -2.36. The van der Waals surface area contributed by atoms with Gasteiger partial charge in [0.1, 0.15) is 5.82 Å². The van der Waals surface area contributed by atoms with Crippen molar-refractivity contribution < 1.29 is 14.1 Å². The van der Waals surface area contributed by atoms with Gasteiger partial charge in [0, 0.05) is 60.6 Å². The molecule has 0 unspecified atom stereocenters. The van der Waals surface area contributed by atoms with Crippen molar-refractivity contribution in [1.82, 2.24) is 9.88 Å². The molecule has 1 aliphatic heterocycles. The molecule has 1 aliphatic rings. The molecule has 1 saturated heterocycles. The first-order chi connectivity index (χ1) is 13.4. The number of non-ortho nitro benzene ring substituents is 1. The second kappa shape index (κ2) is 6.95. The molecule has 1 N–H and O–H groups in total. The van der Waals surface area contributed by atoms with Crippen molar-refractivity contribution in [2.24, 2.45) is 0 Å². The number of carbonyl (C=O) groups is 1. The quantitative estimate of drug-likeness (QED) is 0.555. The normalized spacial score (nSPS) is 14.5. The first-order valence-electron chi connectivity index (χ1n) is 9.00. The molecule has 8 heteroatoms. The summed E-state index contributed by atoms with van der Waals surface area (Å²) in [6.07, 6.45) is 0. The molecule has 4 rings (SSSR count). The van der Waals surface area contributed by atoms with Gasteiger partial charge in [-0.25, -0.2) is 4.39 Å². The molecule has 2 aromatic carbocycles. The second-order valence-corrected chi connectivity index (χ2v) is 6.87. The van der Waals surface area contributed by atoms with Gasteiger partial charge in [-0.3, -0.25) is 14.9 Å². The number of halogens is 1. The van der Waals surface area contributed by atoms with Gasteiger partial charge in [0.2, 0.25) is 0 Å². The zero-order valence-electron chi connectivity index (χ0n) is 15.3. The number of carbonyl (C=O) groups excluding carboxylic acids is 1. The van der Waals surface area contributed by atoms with E-state index in [0.717, 1.165) is 16.9 Å². The third-order valence-corrected chi connectivity index (χ3v) is 5.15. The molecule has 28 heavy (non-hydrogen) atoms. The minimum Gasteiger partial charge on any atom is -0.368 e. The number of anilines is 1. The summed E-state index contributed by atoms with van der Waals surface area (Å²) in [6.45, 7) is 4.12. The fourth-order valence-electron chi connectivity index (χ4n) is 3.69. The van der Waals surface area contributed by atoms with Crippen LogP contribution in [0.25, 0.3) is 10.9 Å².